The van der Waals surface area contributed by atoms with Crippen molar-refractivity contribution in [2.24, 2.45) is 0 Å². The fourth-order valence-corrected chi connectivity index (χ4v) is 2.96. The van der Waals surface area contributed by atoms with Crippen molar-refractivity contribution in [2.75, 3.05) is 18.6 Å². The van der Waals surface area contributed by atoms with E-state index in [0.717, 1.165) is 29.2 Å². The molecule has 0 aromatic heterocycles. The molecular weight excluding hydrogens is 196 g/mol. The van der Waals surface area contributed by atoms with Gasteiger partial charge in [0.25, 0.3) is 0 Å². The molecule has 0 amide bonds. The number of hydrogen-bond acceptors (Lipinski definition) is 3. The van der Waals surface area contributed by atoms with Crippen LogP contribution < -0.4 is 4.74 Å². The van der Waals surface area contributed by atoms with Crippen molar-refractivity contribution in [3.05, 3.63) is 29.8 Å². The highest BCUT2D eigenvalue weighted by molar-refractivity contribution is 7.99. The summed E-state index contributed by atoms with van der Waals surface area (Å²) >= 11 is 1.80. The van der Waals surface area contributed by atoms with Crippen molar-refractivity contribution in [1.29, 1.82) is 0 Å². The summed E-state index contributed by atoms with van der Waals surface area (Å²) in [5.74, 6) is 2.69. The van der Waals surface area contributed by atoms with Crippen LogP contribution in [0.3, 0.4) is 0 Å². The molecule has 1 fully saturated rings. The molecular formula is C11H14O2S. The van der Waals surface area contributed by atoms with Crippen LogP contribution in [0.25, 0.3) is 0 Å². The topological polar surface area (TPSA) is 29.5 Å². The van der Waals surface area contributed by atoms with Crippen molar-refractivity contribution in [1.82, 2.24) is 0 Å². The Morgan fingerprint density at radius 3 is 2.57 bits per heavy atom. The second-order valence-electron chi connectivity index (χ2n) is 3.56. The summed E-state index contributed by atoms with van der Waals surface area (Å²) < 4.78 is 5.08. The number of rotatable bonds is 2. The predicted octanol–water partition coefficient (Wildman–Crippen LogP) is 2.02. The van der Waals surface area contributed by atoms with E-state index in [1.54, 1.807) is 18.9 Å². The zero-order valence-electron chi connectivity index (χ0n) is 8.19. The van der Waals surface area contributed by atoms with Gasteiger partial charge in [-0.05, 0) is 29.9 Å². The molecule has 0 unspecified atom stereocenters. The monoisotopic (exact) mass is 210 g/mol. The first-order valence-corrected chi connectivity index (χ1v) is 5.85. The number of aliphatic hydroxyl groups is 1. The molecule has 1 aliphatic rings. The highest BCUT2D eigenvalue weighted by Gasteiger charge is 2.33. The van der Waals surface area contributed by atoms with Crippen LogP contribution in [0.1, 0.15) is 12.0 Å². The Labute approximate surface area is 88.3 Å². The van der Waals surface area contributed by atoms with E-state index in [9.17, 15) is 5.11 Å². The number of ether oxygens (including phenoxy) is 1. The molecule has 0 aliphatic carbocycles. The smallest absolute Gasteiger partial charge is 0.118 e. The van der Waals surface area contributed by atoms with Crippen molar-refractivity contribution in [2.45, 2.75) is 12.0 Å². The van der Waals surface area contributed by atoms with Crippen LogP contribution in [0.5, 0.6) is 5.75 Å². The van der Waals surface area contributed by atoms with Gasteiger partial charge in [0.15, 0.2) is 0 Å². The predicted molar refractivity (Wildman–Crippen MR) is 58.8 cm³/mol. The molecule has 3 heteroatoms. The van der Waals surface area contributed by atoms with Gasteiger partial charge in [0.1, 0.15) is 5.75 Å². The van der Waals surface area contributed by atoms with E-state index < -0.39 is 5.60 Å². The standard InChI is InChI=1S/C11H14O2S/c1-13-10-4-2-9(3-5-10)11(12)6-7-14-8-11/h2-5,12H,6-8H2,1H3/t11-/m0/s1. The molecule has 0 bridgehead atoms. The summed E-state index contributed by atoms with van der Waals surface area (Å²) in [6.45, 7) is 0. The van der Waals surface area contributed by atoms with Gasteiger partial charge in [0.2, 0.25) is 0 Å². The zero-order valence-corrected chi connectivity index (χ0v) is 9.01. The molecule has 76 valence electrons. The highest BCUT2D eigenvalue weighted by atomic mass is 32.2. The van der Waals surface area contributed by atoms with Gasteiger partial charge < -0.3 is 9.84 Å². The maximum Gasteiger partial charge on any atom is 0.118 e. The highest BCUT2D eigenvalue weighted by Crippen LogP contribution is 2.36. The van der Waals surface area contributed by atoms with E-state index in [0.29, 0.717) is 0 Å². The number of benzene rings is 1. The van der Waals surface area contributed by atoms with Gasteiger partial charge in [-0.1, -0.05) is 12.1 Å². The molecule has 2 nitrogen and oxygen atoms in total. The second kappa shape index (κ2) is 3.83. The summed E-state index contributed by atoms with van der Waals surface area (Å²) in [4.78, 5) is 0. The van der Waals surface area contributed by atoms with Crippen LogP contribution in [0.15, 0.2) is 24.3 Å². The van der Waals surface area contributed by atoms with Gasteiger partial charge in [-0.25, -0.2) is 0 Å². The van der Waals surface area contributed by atoms with Crippen molar-refractivity contribution in [3.63, 3.8) is 0 Å². The lowest BCUT2D eigenvalue weighted by atomic mass is 9.93. The average molecular weight is 210 g/mol. The Bertz CT molecular complexity index is 302. The maximum atomic E-state index is 10.3. The molecule has 1 aliphatic heterocycles. The van der Waals surface area contributed by atoms with E-state index in [2.05, 4.69) is 0 Å². The SMILES string of the molecule is COc1ccc([C@]2(O)CCSC2)cc1. The molecule has 0 spiro atoms. The summed E-state index contributed by atoms with van der Waals surface area (Å²) in [7, 11) is 1.65. The Hall–Kier alpha value is -0.670. The van der Waals surface area contributed by atoms with Gasteiger partial charge in [0.05, 0.1) is 12.7 Å². The first-order valence-electron chi connectivity index (χ1n) is 4.69. The normalized spacial score (nSPS) is 26.4. The lowest BCUT2D eigenvalue weighted by Crippen LogP contribution is -2.24. The first-order chi connectivity index (χ1) is 6.74. The maximum absolute atomic E-state index is 10.3. The first kappa shape index (κ1) is 9.87. The van der Waals surface area contributed by atoms with Crippen LogP contribution in [-0.2, 0) is 5.60 Å². The minimum Gasteiger partial charge on any atom is -0.497 e. The molecule has 1 saturated heterocycles. The fraction of sp³-hybridized carbons (Fsp3) is 0.455. The number of thioether (sulfide) groups is 1. The average Bonchev–Trinajstić information content (AvgIpc) is 2.67. The second-order valence-corrected chi connectivity index (χ2v) is 4.67. The zero-order chi connectivity index (χ0) is 10.0. The van der Waals surface area contributed by atoms with Crippen LogP contribution >= 0.6 is 11.8 Å². The Morgan fingerprint density at radius 2 is 2.07 bits per heavy atom. The van der Waals surface area contributed by atoms with Crippen molar-refractivity contribution in [3.8, 4) is 5.75 Å². The van der Waals surface area contributed by atoms with E-state index in [1.807, 2.05) is 24.3 Å². The molecule has 0 saturated carbocycles. The molecule has 2 rings (SSSR count). The third kappa shape index (κ3) is 1.74. The van der Waals surface area contributed by atoms with Gasteiger partial charge in [0, 0.05) is 5.75 Å². The number of methoxy groups -OCH3 is 1. The van der Waals surface area contributed by atoms with Crippen LogP contribution in [0.4, 0.5) is 0 Å². The molecule has 0 radical (unpaired) electrons. The van der Waals surface area contributed by atoms with Gasteiger partial charge in [-0.2, -0.15) is 11.8 Å². The largest absolute Gasteiger partial charge is 0.497 e. The molecule has 1 atom stereocenters. The van der Waals surface area contributed by atoms with Gasteiger partial charge in [-0.15, -0.1) is 0 Å². The third-order valence-corrected chi connectivity index (χ3v) is 3.80. The fourth-order valence-electron chi connectivity index (χ4n) is 1.68. The molecule has 1 heterocycles. The summed E-state index contributed by atoms with van der Waals surface area (Å²) in [6.07, 6.45) is 0.851. The van der Waals surface area contributed by atoms with E-state index >= 15 is 0 Å². The van der Waals surface area contributed by atoms with Crippen LogP contribution in [0.2, 0.25) is 0 Å². The van der Waals surface area contributed by atoms with Crippen molar-refractivity contribution >= 4 is 11.8 Å². The lowest BCUT2D eigenvalue weighted by molar-refractivity contribution is 0.0657. The van der Waals surface area contributed by atoms with Crippen LogP contribution in [-0.4, -0.2) is 23.7 Å². The lowest BCUT2D eigenvalue weighted by Gasteiger charge is -2.21. The third-order valence-electron chi connectivity index (χ3n) is 2.63. The summed E-state index contributed by atoms with van der Waals surface area (Å²) in [6, 6.07) is 7.70. The molecule has 1 aromatic rings. The van der Waals surface area contributed by atoms with Crippen molar-refractivity contribution < 1.29 is 9.84 Å². The summed E-state index contributed by atoms with van der Waals surface area (Å²) in [5.41, 5.74) is 0.389. The summed E-state index contributed by atoms with van der Waals surface area (Å²) in [5, 5.41) is 10.3. The van der Waals surface area contributed by atoms with E-state index in [4.69, 9.17) is 4.74 Å². The quantitative estimate of drug-likeness (QED) is 0.809. The van der Waals surface area contributed by atoms with E-state index in [-0.39, 0.29) is 0 Å². The molecule has 14 heavy (non-hydrogen) atoms. The Balaban J connectivity index is 2.23. The van der Waals surface area contributed by atoms with E-state index in [1.165, 1.54) is 0 Å². The van der Waals surface area contributed by atoms with Gasteiger partial charge in [-0.3, -0.25) is 0 Å². The van der Waals surface area contributed by atoms with Gasteiger partial charge >= 0.3 is 0 Å². The molecule has 1 N–H and O–H groups in total. The molecule has 1 aromatic carbocycles. The minimum atomic E-state index is -0.614. The van der Waals surface area contributed by atoms with Crippen LogP contribution in [0, 0.1) is 0 Å². The minimum absolute atomic E-state index is 0.614. The number of hydrogen-bond donors (Lipinski definition) is 1. The Kier molecular flexibility index (Phi) is 2.70. The Morgan fingerprint density at radius 1 is 1.36 bits per heavy atom.